The lowest BCUT2D eigenvalue weighted by atomic mass is 10.0. The number of nitrogens with zero attached hydrogens (tertiary/aromatic N) is 1. The number of carboxylic acids is 1. The van der Waals surface area contributed by atoms with E-state index in [1.807, 2.05) is 0 Å². The van der Waals surface area contributed by atoms with Crippen LogP contribution in [0.4, 0.5) is 0 Å². The highest BCUT2D eigenvalue weighted by Crippen LogP contribution is 2.17. The van der Waals surface area contributed by atoms with Gasteiger partial charge in [0.05, 0.1) is 0 Å². The first-order valence-electron chi connectivity index (χ1n) is 18.1. The maximum absolute atomic E-state index is 12.1. The minimum atomic E-state index is -0.604. The van der Waals surface area contributed by atoms with Crippen molar-refractivity contribution in [2.75, 3.05) is 13.1 Å². The van der Waals surface area contributed by atoms with Crippen molar-refractivity contribution in [1.29, 1.82) is 0 Å². The molecule has 0 aliphatic rings. The normalized spacial score (nSPS) is 12.4. The van der Waals surface area contributed by atoms with Gasteiger partial charge in [0, 0.05) is 0 Å². The quantitative estimate of drug-likeness (QED) is 0.0824. The third-order valence-electron chi connectivity index (χ3n) is 8.65. The molecule has 0 spiro atoms. The first-order chi connectivity index (χ1) is 19.2. The lowest BCUT2D eigenvalue weighted by molar-refractivity contribution is -0.143. The number of carbonyl (C=O) groups is 1. The molecule has 0 aromatic heterocycles. The van der Waals surface area contributed by atoms with Crippen molar-refractivity contribution >= 4 is 5.97 Å². The zero-order valence-corrected chi connectivity index (χ0v) is 27.3. The van der Waals surface area contributed by atoms with E-state index in [1.165, 1.54) is 154 Å². The van der Waals surface area contributed by atoms with E-state index in [2.05, 4.69) is 25.7 Å². The zero-order valence-electron chi connectivity index (χ0n) is 27.3. The first kappa shape index (κ1) is 38.4. The fraction of sp³-hybridized carbons (Fsp3) is 0.972. The predicted molar refractivity (Wildman–Crippen MR) is 174 cm³/mol. The molecule has 0 radical (unpaired) electrons. The number of unbranched alkanes of at least 4 members (excludes halogenated alkanes) is 25. The van der Waals surface area contributed by atoms with E-state index >= 15 is 0 Å². The van der Waals surface area contributed by atoms with Crippen LogP contribution in [0, 0.1) is 0 Å². The lowest BCUT2D eigenvalue weighted by Crippen LogP contribution is -2.42. The van der Waals surface area contributed by atoms with E-state index in [9.17, 15) is 9.90 Å². The third kappa shape index (κ3) is 27.4. The average Bonchev–Trinajstić information content (AvgIpc) is 2.93. The van der Waals surface area contributed by atoms with Gasteiger partial charge in [0.1, 0.15) is 6.04 Å². The number of rotatable bonds is 33. The Bertz CT molecular complexity index is 451. The fourth-order valence-corrected chi connectivity index (χ4v) is 5.95. The minimum Gasteiger partial charge on any atom is -0.480 e. The van der Waals surface area contributed by atoms with Crippen LogP contribution in [-0.2, 0) is 4.79 Å². The molecule has 3 heteroatoms. The molecule has 1 unspecified atom stereocenters. The second kappa shape index (κ2) is 32.0. The first-order valence-corrected chi connectivity index (χ1v) is 18.1. The molecule has 0 fully saturated rings. The van der Waals surface area contributed by atoms with Crippen LogP contribution >= 0.6 is 0 Å². The summed E-state index contributed by atoms with van der Waals surface area (Å²) in [6.45, 7) is 8.68. The van der Waals surface area contributed by atoms with Gasteiger partial charge in [-0.3, -0.25) is 9.69 Å². The van der Waals surface area contributed by atoms with Crippen LogP contribution in [0.5, 0.6) is 0 Å². The molecular formula is C36H73NO2. The highest BCUT2D eigenvalue weighted by atomic mass is 16.4. The maximum Gasteiger partial charge on any atom is 0.320 e. The highest BCUT2D eigenvalue weighted by molar-refractivity contribution is 5.73. The van der Waals surface area contributed by atoms with Crippen molar-refractivity contribution < 1.29 is 9.90 Å². The summed E-state index contributed by atoms with van der Waals surface area (Å²) in [7, 11) is 0. The van der Waals surface area contributed by atoms with Crippen molar-refractivity contribution in [3.8, 4) is 0 Å². The summed E-state index contributed by atoms with van der Waals surface area (Å²) in [4.78, 5) is 14.4. The SMILES string of the molecule is CCCCCCCCCCCCCCCN(CCCCCCCCCCCCCCC)C(CCCC)C(=O)O. The van der Waals surface area contributed by atoms with Gasteiger partial charge in [-0.2, -0.15) is 0 Å². The van der Waals surface area contributed by atoms with Crippen LogP contribution in [0.3, 0.4) is 0 Å². The molecule has 0 heterocycles. The van der Waals surface area contributed by atoms with Gasteiger partial charge in [-0.25, -0.2) is 0 Å². The molecule has 0 aliphatic heterocycles. The lowest BCUT2D eigenvalue weighted by Gasteiger charge is -2.29. The second-order valence-electron chi connectivity index (χ2n) is 12.5. The molecule has 0 saturated carbocycles. The third-order valence-corrected chi connectivity index (χ3v) is 8.65. The predicted octanol–water partition coefficient (Wildman–Crippen LogP) is 12.1. The highest BCUT2D eigenvalue weighted by Gasteiger charge is 2.24. The fourth-order valence-electron chi connectivity index (χ4n) is 5.95. The summed E-state index contributed by atoms with van der Waals surface area (Å²) in [5.41, 5.74) is 0. The van der Waals surface area contributed by atoms with Gasteiger partial charge in [-0.15, -0.1) is 0 Å². The van der Waals surface area contributed by atoms with Crippen LogP contribution in [-0.4, -0.2) is 35.1 Å². The summed E-state index contributed by atoms with van der Waals surface area (Å²) in [6.07, 6.45) is 38.4. The van der Waals surface area contributed by atoms with E-state index in [1.54, 1.807) is 0 Å². The van der Waals surface area contributed by atoms with Crippen LogP contribution < -0.4 is 0 Å². The molecule has 0 amide bonds. The molecule has 0 saturated heterocycles. The summed E-state index contributed by atoms with van der Waals surface area (Å²) < 4.78 is 0. The monoisotopic (exact) mass is 552 g/mol. The summed E-state index contributed by atoms with van der Waals surface area (Å²) in [5.74, 6) is -0.604. The molecule has 0 aromatic rings. The topological polar surface area (TPSA) is 40.5 Å². The van der Waals surface area contributed by atoms with Gasteiger partial charge < -0.3 is 5.11 Å². The van der Waals surface area contributed by atoms with Gasteiger partial charge in [-0.1, -0.05) is 188 Å². The van der Waals surface area contributed by atoms with Gasteiger partial charge in [0.25, 0.3) is 0 Å². The van der Waals surface area contributed by atoms with E-state index < -0.39 is 5.97 Å². The Kier molecular flexibility index (Phi) is 31.5. The summed E-state index contributed by atoms with van der Waals surface area (Å²) in [6, 6.07) is -0.278. The van der Waals surface area contributed by atoms with Crippen molar-refractivity contribution in [2.45, 2.75) is 213 Å². The Labute approximate surface area is 246 Å². The Morgan fingerprint density at radius 3 is 0.949 bits per heavy atom. The van der Waals surface area contributed by atoms with E-state index in [-0.39, 0.29) is 6.04 Å². The molecule has 1 atom stereocenters. The molecule has 0 bridgehead atoms. The van der Waals surface area contributed by atoms with Crippen LogP contribution in [0.15, 0.2) is 0 Å². The van der Waals surface area contributed by atoms with Gasteiger partial charge in [-0.05, 0) is 32.4 Å². The number of carboxylic acid groups (broad SMARTS) is 1. The molecule has 39 heavy (non-hydrogen) atoms. The van der Waals surface area contributed by atoms with E-state index in [0.29, 0.717) is 0 Å². The Morgan fingerprint density at radius 2 is 0.692 bits per heavy atom. The van der Waals surface area contributed by atoms with Gasteiger partial charge in [0.2, 0.25) is 0 Å². The summed E-state index contributed by atoms with van der Waals surface area (Å²) in [5, 5.41) is 9.94. The van der Waals surface area contributed by atoms with Gasteiger partial charge in [0.15, 0.2) is 0 Å². The average molecular weight is 552 g/mol. The van der Waals surface area contributed by atoms with Crippen molar-refractivity contribution in [1.82, 2.24) is 4.90 Å². The summed E-state index contributed by atoms with van der Waals surface area (Å²) >= 11 is 0. The molecule has 3 nitrogen and oxygen atoms in total. The molecule has 1 N–H and O–H groups in total. The maximum atomic E-state index is 12.1. The standard InChI is InChI=1S/C36H73NO2/c1-4-7-10-12-14-16-18-20-22-24-26-28-30-33-37(35(36(38)39)32-9-6-3)34-31-29-27-25-23-21-19-17-15-13-11-8-5-2/h35H,4-34H2,1-3H3,(H,38,39). The van der Waals surface area contributed by atoms with Crippen LogP contribution in [0.2, 0.25) is 0 Å². The van der Waals surface area contributed by atoms with E-state index in [4.69, 9.17) is 0 Å². The molecule has 234 valence electrons. The largest absolute Gasteiger partial charge is 0.480 e. The molecule has 0 aliphatic carbocycles. The van der Waals surface area contributed by atoms with Crippen LogP contribution in [0.1, 0.15) is 207 Å². The van der Waals surface area contributed by atoms with E-state index in [0.717, 1.165) is 45.2 Å². The Hall–Kier alpha value is -0.570. The van der Waals surface area contributed by atoms with Crippen molar-refractivity contribution in [2.24, 2.45) is 0 Å². The number of hydrogen-bond donors (Lipinski definition) is 1. The minimum absolute atomic E-state index is 0.278. The second-order valence-corrected chi connectivity index (χ2v) is 12.5. The van der Waals surface area contributed by atoms with Crippen molar-refractivity contribution in [3.63, 3.8) is 0 Å². The van der Waals surface area contributed by atoms with Crippen molar-refractivity contribution in [3.05, 3.63) is 0 Å². The number of aliphatic carboxylic acids is 1. The smallest absolute Gasteiger partial charge is 0.320 e. The Morgan fingerprint density at radius 1 is 0.436 bits per heavy atom. The van der Waals surface area contributed by atoms with Crippen LogP contribution in [0.25, 0.3) is 0 Å². The molecule has 0 rings (SSSR count). The Balaban J connectivity index is 3.98. The van der Waals surface area contributed by atoms with Gasteiger partial charge >= 0.3 is 5.97 Å². The number of hydrogen-bond acceptors (Lipinski definition) is 2. The zero-order chi connectivity index (χ0) is 28.7. The molecule has 0 aromatic carbocycles. The molecular weight excluding hydrogens is 478 g/mol.